The quantitative estimate of drug-likeness (QED) is 0.865. The maximum Gasteiger partial charge on any atom is 0.234 e. The van der Waals surface area contributed by atoms with Gasteiger partial charge >= 0.3 is 0 Å². The lowest BCUT2D eigenvalue weighted by Gasteiger charge is -2.15. The van der Waals surface area contributed by atoms with Crippen LogP contribution in [0.2, 0.25) is 0 Å². The Morgan fingerprint density at radius 1 is 1.48 bits per heavy atom. The fourth-order valence-electron chi connectivity index (χ4n) is 2.42. The molecule has 1 unspecified atom stereocenters. The van der Waals surface area contributed by atoms with Gasteiger partial charge in [0.2, 0.25) is 5.91 Å². The van der Waals surface area contributed by atoms with Crippen molar-refractivity contribution in [1.82, 2.24) is 15.5 Å². The molecule has 1 aliphatic heterocycles. The molecule has 4 nitrogen and oxygen atoms in total. The third kappa shape index (κ3) is 5.26. The lowest BCUT2D eigenvalue weighted by atomic mass is 10.1. The first kappa shape index (κ1) is 17.9. The first-order valence-electron chi connectivity index (χ1n) is 7.00. The van der Waals surface area contributed by atoms with E-state index in [1.54, 1.807) is 13.0 Å². The number of amides is 1. The van der Waals surface area contributed by atoms with Crippen molar-refractivity contribution in [3.8, 4) is 0 Å². The molecule has 6 heteroatoms. The molecule has 0 spiro atoms. The van der Waals surface area contributed by atoms with E-state index in [4.69, 9.17) is 0 Å². The highest BCUT2D eigenvalue weighted by molar-refractivity contribution is 5.85. The minimum atomic E-state index is -0.229. The summed E-state index contributed by atoms with van der Waals surface area (Å²) < 4.78 is 13.4. The highest BCUT2D eigenvalue weighted by Crippen LogP contribution is 2.10. The van der Waals surface area contributed by atoms with Crippen molar-refractivity contribution in [3.05, 3.63) is 35.1 Å². The Kier molecular flexibility index (Phi) is 7.08. The number of hydrogen-bond donors (Lipinski definition) is 2. The Labute approximate surface area is 131 Å². The molecule has 2 N–H and O–H groups in total. The molecular formula is C15H23ClFN3O. The molecule has 21 heavy (non-hydrogen) atoms. The zero-order chi connectivity index (χ0) is 14.5. The molecule has 0 bridgehead atoms. The lowest BCUT2D eigenvalue weighted by Crippen LogP contribution is -2.37. The number of hydrogen-bond acceptors (Lipinski definition) is 3. The van der Waals surface area contributed by atoms with Crippen molar-refractivity contribution in [2.75, 3.05) is 26.7 Å². The van der Waals surface area contributed by atoms with Crippen molar-refractivity contribution in [2.45, 2.75) is 25.9 Å². The van der Waals surface area contributed by atoms with E-state index >= 15 is 0 Å². The largest absolute Gasteiger partial charge is 0.351 e. The Morgan fingerprint density at radius 2 is 2.24 bits per heavy atom. The summed E-state index contributed by atoms with van der Waals surface area (Å²) in [5, 5.41) is 6.06. The summed E-state index contributed by atoms with van der Waals surface area (Å²) in [5.41, 5.74) is 1.41. The van der Waals surface area contributed by atoms with Crippen molar-refractivity contribution in [2.24, 2.45) is 0 Å². The van der Waals surface area contributed by atoms with Crippen LogP contribution < -0.4 is 10.6 Å². The van der Waals surface area contributed by atoms with E-state index in [0.717, 1.165) is 25.1 Å². The number of nitrogens with zero attached hydrogens (tertiary/aromatic N) is 1. The average molecular weight is 316 g/mol. The van der Waals surface area contributed by atoms with Crippen LogP contribution >= 0.6 is 12.4 Å². The number of rotatable bonds is 5. The maximum absolute atomic E-state index is 13.4. The van der Waals surface area contributed by atoms with Gasteiger partial charge in [-0.15, -0.1) is 12.4 Å². The van der Waals surface area contributed by atoms with Crippen LogP contribution in [0.5, 0.6) is 0 Å². The molecule has 1 aliphatic rings. The van der Waals surface area contributed by atoms with Gasteiger partial charge in [-0.1, -0.05) is 12.1 Å². The van der Waals surface area contributed by atoms with Gasteiger partial charge in [0.15, 0.2) is 0 Å². The van der Waals surface area contributed by atoms with Gasteiger partial charge in [-0.2, -0.15) is 0 Å². The Bertz CT molecular complexity index is 484. The summed E-state index contributed by atoms with van der Waals surface area (Å²) in [6.45, 7) is 4.36. The Morgan fingerprint density at radius 3 is 2.86 bits per heavy atom. The maximum atomic E-state index is 13.4. The second-order valence-corrected chi connectivity index (χ2v) is 5.37. The first-order chi connectivity index (χ1) is 9.58. The second-order valence-electron chi connectivity index (χ2n) is 5.37. The number of nitrogens with one attached hydrogen (secondary N) is 2. The standard InChI is InChI=1S/C15H22FN3O.ClH/c1-11-3-4-12(7-14(11)16)8-18-15(20)10-19-6-5-13(9-19)17-2;/h3-4,7,13,17H,5-6,8-10H2,1-2H3,(H,18,20);1H. The minimum Gasteiger partial charge on any atom is -0.351 e. The van der Waals surface area contributed by atoms with Gasteiger partial charge in [0.05, 0.1) is 6.54 Å². The normalized spacial score (nSPS) is 18.3. The molecule has 1 aromatic rings. The number of halogens is 2. The van der Waals surface area contributed by atoms with E-state index < -0.39 is 0 Å². The molecule has 2 rings (SSSR count). The molecular weight excluding hydrogens is 293 g/mol. The van der Waals surface area contributed by atoms with Gasteiger partial charge in [-0.05, 0) is 37.6 Å². The Balaban J connectivity index is 0.00000220. The predicted octanol–water partition coefficient (Wildman–Crippen LogP) is 1.47. The summed E-state index contributed by atoms with van der Waals surface area (Å²) in [6.07, 6.45) is 1.08. The molecule has 0 saturated carbocycles. The van der Waals surface area contributed by atoms with E-state index in [0.29, 0.717) is 24.7 Å². The van der Waals surface area contributed by atoms with Crippen molar-refractivity contribution >= 4 is 18.3 Å². The highest BCUT2D eigenvalue weighted by Gasteiger charge is 2.22. The first-order valence-corrected chi connectivity index (χ1v) is 7.00. The number of likely N-dealkylation sites (N-methyl/N-ethyl adjacent to an activating group) is 1. The number of likely N-dealkylation sites (tertiary alicyclic amines) is 1. The zero-order valence-corrected chi connectivity index (χ0v) is 13.3. The van der Waals surface area contributed by atoms with Crippen LogP contribution in [-0.2, 0) is 11.3 Å². The van der Waals surface area contributed by atoms with Gasteiger partial charge in [0, 0.05) is 25.7 Å². The van der Waals surface area contributed by atoms with Gasteiger partial charge < -0.3 is 10.6 Å². The molecule has 1 aromatic carbocycles. The van der Waals surface area contributed by atoms with Gasteiger partial charge in [-0.25, -0.2) is 4.39 Å². The minimum absolute atomic E-state index is 0. The second kappa shape index (κ2) is 8.32. The summed E-state index contributed by atoms with van der Waals surface area (Å²) in [6, 6.07) is 5.53. The molecule has 0 aromatic heterocycles. The SMILES string of the molecule is CNC1CCN(CC(=O)NCc2ccc(C)c(F)c2)C1.Cl. The van der Waals surface area contributed by atoms with Crippen molar-refractivity contribution in [3.63, 3.8) is 0 Å². The third-order valence-corrected chi connectivity index (χ3v) is 3.77. The molecule has 118 valence electrons. The van der Waals surface area contributed by atoms with Gasteiger partial charge in [0.1, 0.15) is 5.82 Å². The van der Waals surface area contributed by atoms with Crippen LogP contribution in [0, 0.1) is 12.7 Å². The van der Waals surface area contributed by atoms with Crippen LogP contribution in [0.1, 0.15) is 17.5 Å². The topological polar surface area (TPSA) is 44.4 Å². The fraction of sp³-hybridized carbons (Fsp3) is 0.533. The smallest absolute Gasteiger partial charge is 0.234 e. The van der Waals surface area contributed by atoms with E-state index in [9.17, 15) is 9.18 Å². The number of aryl methyl sites for hydroxylation is 1. The van der Waals surface area contributed by atoms with Crippen LogP contribution in [0.4, 0.5) is 4.39 Å². The number of carbonyl (C=O) groups excluding carboxylic acids is 1. The zero-order valence-electron chi connectivity index (χ0n) is 12.5. The molecule has 1 atom stereocenters. The van der Waals surface area contributed by atoms with Crippen LogP contribution in [0.15, 0.2) is 18.2 Å². The number of carbonyl (C=O) groups is 1. The highest BCUT2D eigenvalue weighted by atomic mass is 35.5. The van der Waals surface area contributed by atoms with E-state index in [1.807, 2.05) is 13.1 Å². The van der Waals surface area contributed by atoms with E-state index in [-0.39, 0.29) is 24.1 Å². The summed E-state index contributed by atoms with van der Waals surface area (Å²) in [7, 11) is 1.94. The molecule has 1 fully saturated rings. The molecule has 0 radical (unpaired) electrons. The molecule has 1 heterocycles. The van der Waals surface area contributed by atoms with Crippen LogP contribution in [-0.4, -0.2) is 43.5 Å². The third-order valence-electron chi connectivity index (χ3n) is 3.77. The average Bonchev–Trinajstić information content (AvgIpc) is 2.88. The monoisotopic (exact) mass is 315 g/mol. The van der Waals surface area contributed by atoms with E-state index in [2.05, 4.69) is 15.5 Å². The summed E-state index contributed by atoms with van der Waals surface area (Å²) in [4.78, 5) is 14.0. The molecule has 0 aliphatic carbocycles. The van der Waals surface area contributed by atoms with Crippen LogP contribution in [0.3, 0.4) is 0 Å². The summed E-state index contributed by atoms with van der Waals surface area (Å²) >= 11 is 0. The fourth-order valence-corrected chi connectivity index (χ4v) is 2.42. The van der Waals surface area contributed by atoms with Crippen LogP contribution in [0.25, 0.3) is 0 Å². The van der Waals surface area contributed by atoms with Crippen molar-refractivity contribution in [1.29, 1.82) is 0 Å². The Hall–Kier alpha value is -1.17. The summed E-state index contributed by atoms with van der Waals surface area (Å²) in [5.74, 6) is -0.240. The molecule has 1 saturated heterocycles. The lowest BCUT2D eigenvalue weighted by molar-refractivity contribution is -0.122. The van der Waals surface area contributed by atoms with Crippen molar-refractivity contribution < 1.29 is 9.18 Å². The molecule has 1 amide bonds. The van der Waals surface area contributed by atoms with E-state index in [1.165, 1.54) is 6.07 Å². The van der Waals surface area contributed by atoms with Gasteiger partial charge in [0.25, 0.3) is 0 Å². The van der Waals surface area contributed by atoms with Gasteiger partial charge in [-0.3, -0.25) is 9.69 Å². The predicted molar refractivity (Wildman–Crippen MR) is 84.1 cm³/mol. The number of benzene rings is 1.